The molecule has 3 aromatic rings. The fourth-order valence-corrected chi connectivity index (χ4v) is 3.75. The summed E-state index contributed by atoms with van der Waals surface area (Å²) in [7, 11) is 0. The quantitative estimate of drug-likeness (QED) is 0.566. The summed E-state index contributed by atoms with van der Waals surface area (Å²) in [5.74, 6) is 1.52. The third-order valence-corrected chi connectivity index (χ3v) is 5.48. The molecule has 1 radical (unpaired) electrons. The van der Waals surface area contributed by atoms with Gasteiger partial charge in [-0.2, -0.15) is 0 Å². The van der Waals surface area contributed by atoms with Crippen molar-refractivity contribution in [1.29, 1.82) is 0 Å². The summed E-state index contributed by atoms with van der Waals surface area (Å²) < 4.78 is 0.976. The second kappa shape index (κ2) is 7.09. The maximum absolute atomic E-state index is 12.8. The van der Waals surface area contributed by atoms with Crippen molar-refractivity contribution in [2.75, 3.05) is 0 Å². The van der Waals surface area contributed by atoms with Gasteiger partial charge in [0.05, 0.1) is 5.54 Å². The molecule has 6 nitrogen and oxygen atoms in total. The summed E-state index contributed by atoms with van der Waals surface area (Å²) in [5, 5.41) is 13.8. The molecular formula is C22H21BrN5O. The maximum atomic E-state index is 12.8. The van der Waals surface area contributed by atoms with E-state index in [1.807, 2.05) is 68.4 Å². The second-order valence-electron chi connectivity index (χ2n) is 7.99. The molecule has 29 heavy (non-hydrogen) atoms. The van der Waals surface area contributed by atoms with Crippen molar-refractivity contribution in [3.8, 4) is 22.8 Å². The number of rotatable bonds is 3. The van der Waals surface area contributed by atoms with Crippen molar-refractivity contribution < 1.29 is 5.21 Å². The van der Waals surface area contributed by atoms with E-state index >= 15 is 0 Å². The highest BCUT2D eigenvalue weighted by atomic mass is 79.9. The zero-order valence-corrected chi connectivity index (χ0v) is 18.3. The van der Waals surface area contributed by atoms with E-state index in [1.165, 1.54) is 0 Å². The van der Waals surface area contributed by atoms with Crippen molar-refractivity contribution >= 4 is 21.6 Å². The lowest BCUT2D eigenvalue weighted by molar-refractivity contribution is -0.240. The molecule has 0 aliphatic carbocycles. The molecule has 0 bridgehead atoms. The molecule has 2 aromatic carbocycles. The molecule has 0 N–H and O–H groups in total. The van der Waals surface area contributed by atoms with Crippen LogP contribution in [0.3, 0.4) is 0 Å². The lowest BCUT2D eigenvalue weighted by Gasteiger charge is -2.31. The summed E-state index contributed by atoms with van der Waals surface area (Å²) in [4.78, 5) is 18.8. The molecular weight excluding hydrogens is 430 g/mol. The largest absolute Gasteiger partial charge is 0.260 e. The summed E-state index contributed by atoms with van der Waals surface area (Å²) in [6.07, 6.45) is 0. The van der Waals surface area contributed by atoms with E-state index in [4.69, 9.17) is 15.0 Å². The van der Waals surface area contributed by atoms with E-state index in [2.05, 4.69) is 20.9 Å². The Bertz CT molecular complexity index is 1080. The topological polar surface area (TPSA) is 74.2 Å². The highest BCUT2D eigenvalue weighted by Gasteiger charge is 2.50. The first-order valence-corrected chi connectivity index (χ1v) is 10.1. The fourth-order valence-electron chi connectivity index (χ4n) is 3.49. The summed E-state index contributed by atoms with van der Waals surface area (Å²) in [6, 6.07) is 17.5. The molecule has 0 saturated carbocycles. The van der Waals surface area contributed by atoms with E-state index in [1.54, 1.807) is 13.8 Å². The predicted octanol–water partition coefficient (Wildman–Crippen LogP) is 4.93. The number of nitrogens with zero attached hydrogens (tertiary/aromatic N) is 5. The molecule has 1 aromatic heterocycles. The number of aliphatic imine (C=N–C) groups is 1. The number of halogens is 1. The van der Waals surface area contributed by atoms with Gasteiger partial charge in [-0.05, 0) is 39.8 Å². The lowest BCUT2D eigenvalue weighted by Crippen LogP contribution is -2.49. The molecule has 1 aliphatic rings. The summed E-state index contributed by atoms with van der Waals surface area (Å²) in [6.45, 7) is 7.28. The van der Waals surface area contributed by atoms with Crippen LogP contribution in [0.25, 0.3) is 22.8 Å². The molecule has 0 spiro atoms. The molecule has 7 heteroatoms. The van der Waals surface area contributed by atoms with Crippen LogP contribution in [-0.4, -0.2) is 36.9 Å². The number of hydrogen-bond donors (Lipinski definition) is 0. The minimum absolute atomic E-state index is 0.424. The summed E-state index contributed by atoms with van der Waals surface area (Å²) >= 11 is 3.46. The van der Waals surface area contributed by atoms with Crippen molar-refractivity contribution in [2.24, 2.45) is 4.99 Å². The van der Waals surface area contributed by atoms with Gasteiger partial charge in [0.25, 0.3) is 0 Å². The molecule has 0 fully saturated rings. The standard InChI is InChI=1S/C22H21BrN5O/c1-21(2)17(27-22(3,4)28(21)29)20-25-18(14-8-6-5-7-9-14)24-19(26-20)15-10-12-16(23)13-11-15/h5-13H,1-4H3. The minimum atomic E-state index is -0.879. The van der Waals surface area contributed by atoms with Crippen molar-refractivity contribution in [3.05, 3.63) is 64.9 Å². The van der Waals surface area contributed by atoms with Crippen LogP contribution < -0.4 is 0 Å². The number of aromatic nitrogens is 3. The van der Waals surface area contributed by atoms with Crippen LogP contribution in [0, 0.1) is 0 Å². The fraction of sp³-hybridized carbons (Fsp3) is 0.273. The van der Waals surface area contributed by atoms with Crippen molar-refractivity contribution in [1.82, 2.24) is 20.0 Å². The molecule has 4 rings (SSSR count). The van der Waals surface area contributed by atoms with Gasteiger partial charge in [-0.3, -0.25) is 4.99 Å². The Morgan fingerprint density at radius 2 is 1.28 bits per heavy atom. The Morgan fingerprint density at radius 3 is 1.79 bits per heavy atom. The van der Waals surface area contributed by atoms with Crippen LogP contribution in [-0.2, 0) is 5.21 Å². The monoisotopic (exact) mass is 450 g/mol. The minimum Gasteiger partial charge on any atom is -0.260 e. The van der Waals surface area contributed by atoms with Gasteiger partial charge in [0.2, 0.25) is 0 Å². The lowest BCUT2D eigenvalue weighted by atomic mass is 9.97. The van der Waals surface area contributed by atoms with E-state index in [0.717, 1.165) is 20.7 Å². The molecule has 0 saturated heterocycles. The SMILES string of the molecule is CC1(C)N=C(c2nc(-c3ccccc3)nc(-c3ccc(Br)cc3)n2)C(C)(C)N1[O]. The van der Waals surface area contributed by atoms with Gasteiger partial charge in [-0.25, -0.2) is 15.0 Å². The van der Waals surface area contributed by atoms with Crippen LogP contribution in [0.5, 0.6) is 0 Å². The third kappa shape index (κ3) is 3.61. The Labute approximate surface area is 178 Å². The molecule has 0 unspecified atom stereocenters. The van der Waals surface area contributed by atoms with E-state index < -0.39 is 11.2 Å². The van der Waals surface area contributed by atoms with Gasteiger partial charge >= 0.3 is 0 Å². The Hall–Kier alpha value is -2.48. The second-order valence-corrected chi connectivity index (χ2v) is 8.90. The van der Waals surface area contributed by atoms with Gasteiger partial charge in [0, 0.05) is 15.6 Å². The van der Waals surface area contributed by atoms with Crippen LogP contribution >= 0.6 is 15.9 Å². The van der Waals surface area contributed by atoms with Gasteiger partial charge < -0.3 is 0 Å². The molecule has 147 valence electrons. The van der Waals surface area contributed by atoms with Crippen LogP contribution in [0.2, 0.25) is 0 Å². The van der Waals surface area contributed by atoms with E-state index in [-0.39, 0.29) is 0 Å². The molecule has 0 amide bonds. The predicted molar refractivity (Wildman–Crippen MR) is 116 cm³/mol. The first-order valence-electron chi connectivity index (χ1n) is 9.34. The van der Waals surface area contributed by atoms with Crippen LogP contribution in [0.4, 0.5) is 0 Å². The van der Waals surface area contributed by atoms with Gasteiger partial charge in [-0.1, -0.05) is 58.4 Å². The zero-order valence-electron chi connectivity index (χ0n) is 16.7. The summed E-state index contributed by atoms with van der Waals surface area (Å²) in [5.41, 5.74) is 0.578. The number of benzene rings is 2. The average molecular weight is 451 g/mol. The smallest absolute Gasteiger partial charge is 0.179 e. The van der Waals surface area contributed by atoms with E-state index in [0.29, 0.717) is 23.2 Å². The van der Waals surface area contributed by atoms with E-state index in [9.17, 15) is 5.21 Å². The Morgan fingerprint density at radius 1 is 0.759 bits per heavy atom. The zero-order chi connectivity index (χ0) is 20.8. The third-order valence-electron chi connectivity index (χ3n) is 4.95. The Kier molecular flexibility index (Phi) is 4.85. The van der Waals surface area contributed by atoms with Crippen LogP contribution in [0.15, 0.2) is 64.1 Å². The van der Waals surface area contributed by atoms with Gasteiger partial charge in [0.1, 0.15) is 11.4 Å². The molecule has 2 heterocycles. The van der Waals surface area contributed by atoms with Gasteiger partial charge in [-0.15, -0.1) is 10.3 Å². The first-order chi connectivity index (χ1) is 13.7. The maximum Gasteiger partial charge on any atom is 0.179 e. The highest BCUT2D eigenvalue weighted by Crippen LogP contribution is 2.35. The van der Waals surface area contributed by atoms with Crippen LogP contribution in [0.1, 0.15) is 33.5 Å². The first kappa shape index (κ1) is 19.8. The average Bonchev–Trinajstić information content (AvgIpc) is 2.88. The van der Waals surface area contributed by atoms with Gasteiger partial charge in [0.15, 0.2) is 17.5 Å². The number of hydrogen-bond acceptors (Lipinski definition) is 5. The molecule has 0 atom stereocenters. The van der Waals surface area contributed by atoms with Crippen molar-refractivity contribution in [3.63, 3.8) is 0 Å². The normalized spacial score (nSPS) is 17.9. The Balaban J connectivity index is 1.92. The number of hydroxylamine groups is 2. The van der Waals surface area contributed by atoms with Crippen molar-refractivity contribution in [2.45, 2.75) is 38.9 Å². The highest BCUT2D eigenvalue weighted by molar-refractivity contribution is 9.10. The molecule has 1 aliphatic heterocycles.